The van der Waals surface area contributed by atoms with E-state index < -0.39 is 0 Å². The maximum absolute atomic E-state index is 5.21. The predicted octanol–water partition coefficient (Wildman–Crippen LogP) is 3.24. The van der Waals surface area contributed by atoms with E-state index in [1.54, 1.807) is 6.26 Å². The largest absolute Gasteiger partial charge is 0.472 e. The standard InChI is InChI=1S/C15H23NO/c1-2-4-16-11-15(7-12-3-5-17-10-12)8-13-6-14(13)9-15/h3,5,10,13-14,16H,2,4,6-9,11H2,1H3. The van der Waals surface area contributed by atoms with E-state index in [0.717, 1.165) is 18.4 Å². The summed E-state index contributed by atoms with van der Waals surface area (Å²) in [6.45, 7) is 4.59. The van der Waals surface area contributed by atoms with E-state index in [1.165, 1.54) is 44.2 Å². The Morgan fingerprint density at radius 3 is 2.88 bits per heavy atom. The van der Waals surface area contributed by atoms with Crippen molar-refractivity contribution in [3.63, 3.8) is 0 Å². The highest BCUT2D eigenvalue weighted by molar-refractivity contribution is 5.14. The first kappa shape index (κ1) is 11.3. The molecule has 0 aromatic carbocycles. The fourth-order valence-corrected chi connectivity index (χ4v) is 3.71. The van der Waals surface area contributed by atoms with Gasteiger partial charge in [-0.15, -0.1) is 0 Å². The summed E-state index contributed by atoms with van der Waals surface area (Å²) in [5.41, 5.74) is 1.90. The van der Waals surface area contributed by atoms with Gasteiger partial charge in [0.05, 0.1) is 12.5 Å². The lowest BCUT2D eigenvalue weighted by Crippen LogP contribution is -2.35. The molecule has 0 bridgehead atoms. The molecule has 1 aromatic rings. The van der Waals surface area contributed by atoms with Crippen LogP contribution in [0.25, 0.3) is 0 Å². The molecule has 1 N–H and O–H groups in total. The summed E-state index contributed by atoms with van der Waals surface area (Å²) in [5, 5.41) is 3.64. The van der Waals surface area contributed by atoms with Gasteiger partial charge in [-0.1, -0.05) is 6.92 Å². The highest BCUT2D eigenvalue weighted by atomic mass is 16.3. The molecule has 3 rings (SSSR count). The lowest BCUT2D eigenvalue weighted by molar-refractivity contribution is 0.248. The van der Waals surface area contributed by atoms with Gasteiger partial charge in [0.25, 0.3) is 0 Å². The zero-order valence-electron chi connectivity index (χ0n) is 10.7. The summed E-state index contributed by atoms with van der Waals surface area (Å²) in [6.07, 6.45) is 10.5. The average molecular weight is 233 g/mol. The van der Waals surface area contributed by atoms with Crippen molar-refractivity contribution < 1.29 is 4.42 Å². The number of rotatable bonds is 6. The Bertz CT molecular complexity index is 347. The van der Waals surface area contributed by atoms with E-state index in [4.69, 9.17) is 4.42 Å². The van der Waals surface area contributed by atoms with Crippen LogP contribution in [-0.4, -0.2) is 13.1 Å². The summed E-state index contributed by atoms with van der Waals surface area (Å²) in [4.78, 5) is 0. The van der Waals surface area contributed by atoms with Crippen LogP contribution in [0.5, 0.6) is 0 Å². The van der Waals surface area contributed by atoms with Crippen LogP contribution in [0.3, 0.4) is 0 Å². The normalized spacial score (nSPS) is 34.9. The summed E-state index contributed by atoms with van der Waals surface area (Å²) < 4.78 is 5.21. The van der Waals surface area contributed by atoms with Crippen LogP contribution < -0.4 is 5.32 Å². The highest BCUT2D eigenvalue weighted by Gasteiger charge is 2.53. The van der Waals surface area contributed by atoms with Gasteiger partial charge in [0.1, 0.15) is 0 Å². The average Bonchev–Trinajstić information content (AvgIpc) is 2.77. The minimum absolute atomic E-state index is 0.520. The predicted molar refractivity (Wildman–Crippen MR) is 68.8 cm³/mol. The van der Waals surface area contributed by atoms with Crippen molar-refractivity contribution in [1.29, 1.82) is 0 Å². The number of hydrogen-bond donors (Lipinski definition) is 1. The van der Waals surface area contributed by atoms with Crippen LogP contribution in [0.15, 0.2) is 23.0 Å². The lowest BCUT2D eigenvalue weighted by Gasteiger charge is -2.31. The Kier molecular flexibility index (Phi) is 2.99. The topological polar surface area (TPSA) is 25.2 Å². The van der Waals surface area contributed by atoms with E-state index in [-0.39, 0.29) is 0 Å². The summed E-state index contributed by atoms with van der Waals surface area (Å²) in [6, 6.07) is 2.13. The molecule has 0 spiro atoms. The smallest absolute Gasteiger partial charge is 0.0934 e. The van der Waals surface area contributed by atoms with Crippen molar-refractivity contribution in [3.8, 4) is 0 Å². The van der Waals surface area contributed by atoms with Gasteiger partial charge < -0.3 is 9.73 Å². The van der Waals surface area contributed by atoms with E-state index in [1.807, 2.05) is 6.26 Å². The van der Waals surface area contributed by atoms with E-state index in [2.05, 4.69) is 18.3 Å². The summed E-state index contributed by atoms with van der Waals surface area (Å²) in [7, 11) is 0. The molecule has 0 amide bonds. The first-order chi connectivity index (χ1) is 8.31. The molecule has 1 heterocycles. The van der Waals surface area contributed by atoms with Gasteiger partial charge in [-0.25, -0.2) is 0 Å². The van der Waals surface area contributed by atoms with Crippen molar-refractivity contribution in [2.75, 3.05) is 13.1 Å². The molecule has 2 nitrogen and oxygen atoms in total. The van der Waals surface area contributed by atoms with Gasteiger partial charge in [0.15, 0.2) is 0 Å². The lowest BCUT2D eigenvalue weighted by atomic mass is 9.78. The first-order valence-corrected chi connectivity index (χ1v) is 7.03. The van der Waals surface area contributed by atoms with Gasteiger partial charge in [-0.05, 0) is 67.5 Å². The second kappa shape index (κ2) is 4.49. The molecule has 2 atom stereocenters. The zero-order valence-corrected chi connectivity index (χ0v) is 10.7. The van der Waals surface area contributed by atoms with Crippen molar-refractivity contribution in [2.24, 2.45) is 17.3 Å². The third-order valence-corrected chi connectivity index (χ3v) is 4.55. The van der Waals surface area contributed by atoms with Crippen LogP contribution in [0, 0.1) is 17.3 Å². The number of nitrogens with one attached hydrogen (secondary N) is 1. The molecule has 2 aliphatic carbocycles. The molecule has 0 aliphatic heterocycles. The Labute approximate surface area is 104 Å². The third-order valence-electron chi connectivity index (χ3n) is 4.55. The second-order valence-corrected chi connectivity index (χ2v) is 6.15. The van der Waals surface area contributed by atoms with Gasteiger partial charge in [-0.2, -0.15) is 0 Å². The molecule has 0 radical (unpaired) electrons. The van der Waals surface area contributed by atoms with E-state index >= 15 is 0 Å². The van der Waals surface area contributed by atoms with Crippen LogP contribution in [-0.2, 0) is 6.42 Å². The molecule has 2 aliphatic rings. The Morgan fingerprint density at radius 2 is 2.24 bits per heavy atom. The molecule has 2 unspecified atom stereocenters. The molecular formula is C15H23NO. The van der Waals surface area contributed by atoms with Crippen LogP contribution in [0.1, 0.15) is 38.2 Å². The molecule has 1 aromatic heterocycles. The van der Waals surface area contributed by atoms with Crippen molar-refractivity contribution in [3.05, 3.63) is 24.2 Å². The van der Waals surface area contributed by atoms with E-state index in [0.29, 0.717) is 5.41 Å². The second-order valence-electron chi connectivity index (χ2n) is 6.15. The van der Waals surface area contributed by atoms with Crippen molar-refractivity contribution in [1.82, 2.24) is 5.32 Å². The monoisotopic (exact) mass is 233 g/mol. The van der Waals surface area contributed by atoms with Crippen LogP contribution >= 0.6 is 0 Å². The van der Waals surface area contributed by atoms with Gasteiger partial charge in [0, 0.05) is 6.54 Å². The van der Waals surface area contributed by atoms with Crippen LogP contribution in [0.2, 0.25) is 0 Å². The Morgan fingerprint density at radius 1 is 1.41 bits per heavy atom. The van der Waals surface area contributed by atoms with Gasteiger partial charge in [0.2, 0.25) is 0 Å². The van der Waals surface area contributed by atoms with Gasteiger partial charge >= 0.3 is 0 Å². The third kappa shape index (κ3) is 2.42. The molecule has 0 saturated heterocycles. The van der Waals surface area contributed by atoms with Crippen molar-refractivity contribution in [2.45, 2.75) is 39.0 Å². The fraction of sp³-hybridized carbons (Fsp3) is 0.733. The molecular weight excluding hydrogens is 210 g/mol. The van der Waals surface area contributed by atoms with E-state index in [9.17, 15) is 0 Å². The zero-order chi connectivity index (χ0) is 11.7. The van der Waals surface area contributed by atoms with Crippen molar-refractivity contribution >= 4 is 0 Å². The summed E-state index contributed by atoms with van der Waals surface area (Å²) in [5.74, 6) is 2.09. The number of furan rings is 1. The molecule has 94 valence electrons. The maximum Gasteiger partial charge on any atom is 0.0934 e. The Hall–Kier alpha value is -0.760. The quantitative estimate of drug-likeness (QED) is 0.763. The maximum atomic E-state index is 5.21. The molecule has 2 saturated carbocycles. The minimum atomic E-state index is 0.520. The van der Waals surface area contributed by atoms with Gasteiger partial charge in [-0.3, -0.25) is 0 Å². The Balaban J connectivity index is 1.64. The summed E-state index contributed by atoms with van der Waals surface area (Å²) >= 11 is 0. The minimum Gasteiger partial charge on any atom is -0.472 e. The SMILES string of the molecule is CCCNCC1(Cc2ccoc2)CC2CC2C1. The number of fused-ring (bicyclic) bond motifs is 1. The number of hydrogen-bond acceptors (Lipinski definition) is 2. The first-order valence-electron chi connectivity index (χ1n) is 7.03. The fourth-order valence-electron chi connectivity index (χ4n) is 3.71. The molecule has 2 heteroatoms. The highest BCUT2D eigenvalue weighted by Crippen LogP contribution is 2.60. The van der Waals surface area contributed by atoms with Crippen LogP contribution in [0.4, 0.5) is 0 Å². The molecule has 17 heavy (non-hydrogen) atoms. The molecule has 2 fully saturated rings.